The van der Waals surface area contributed by atoms with E-state index in [-0.39, 0.29) is 29.7 Å². The molecule has 0 aliphatic carbocycles. The zero-order valence-electron chi connectivity index (χ0n) is 23.6. The first-order chi connectivity index (χ1) is 18.8. The van der Waals surface area contributed by atoms with Crippen molar-refractivity contribution in [3.05, 3.63) is 65.7 Å². The Hall–Kier alpha value is -3.19. The molecule has 0 saturated carbocycles. The summed E-state index contributed by atoms with van der Waals surface area (Å²) >= 11 is 0. The number of nitrogens with one attached hydrogen (secondary N) is 1. The zero-order chi connectivity index (χ0) is 27.6. The van der Waals surface area contributed by atoms with Gasteiger partial charge in [0.25, 0.3) is 0 Å². The summed E-state index contributed by atoms with van der Waals surface area (Å²) in [7, 11) is 2.05. The Bertz CT molecular complexity index is 1190. The zero-order valence-corrected chi connectivity index (χ0v) is 23.6. The van der Waals surface area contributed by atoms with Gasteiger partial charge in [0.2, 0.25) is 17.7 Å². The number of para-hydroxylation sites is 1. The molecule has 2 fully saturated rings. The van der Waals surface area contributed by atoms with Crippen LogP contribution >= 0.6 is 0 Å². The van der Waals surface area contributed by atoms with E-state index in [1.165, 1.54) is 0 Å². The molecule has 0 spiro atoms. The van der Waals surface area contributed by atoms with Gasteiger partial charge in [0, 0.05) is 31.4 Å². The van der Waals surface area contributed by atoms with Crippen LogP contribution in [0, 0.1) is 5.92 Å². The van der Waals surface area contributed by atoms with Gasteiger partial charge in [-0.3, -0.25) is 14.4 Å². The number of fused-ring (bicyclic) bond motifs is 1. The van der Waals surface area contributed by atoms with Gasteiger partial charge >= 0.3 is 0 Å². The number of amides is 3. The normalized spacial score (nSPS) is 22.4. The average Bonchev–Trinajstić information content (AvgIpc) is 3.16. The number of rotatable bonds is 7. The minimum absolute atomic E-state index is 0.00428. The Labute approximate surface area is 232 Å². The van der Waals surface area contributed by atoms with Crippen molar-refractivity contribution in [2.45, 2.75) is 69.9 Å². The van der Waals surface area contributed by atoms with Crippen molar-refractivity contribution in [1.82, 2.24) is 15.1 Å². The predicted octanol–water partition coefficient (Wildman–Crippen LogP) is 3.76. The van der Waals surface area contributed by atoms with E-state index in [1.54, 1.807) is 0 Å². The number of piperidine rings is 2. The fourth-order valence-electron chi connectivity index (χ4n) is 6.55. The molecule has 5 rings (SSSR count). The van der Waals surface area contributed by atoms with Gasteiger partial charge in [-0.2, -0.15) is 0 Å². The number of nitrogens with zero attached hydrogens (tertiary/aromatic N) is 3. The summed E-state index contributed by atoms with van der Waals surface area (Å²) in [6.07, 6.45) is 4.63. The van der Waals surface area contributed by atoms with E-state index in [9.17, 15) is 14.4 Å². The van der Waals surface area contributed by atoms with Crippen LogP contribution in [-0.4, -0.2) is 72.8 Å². The Morgan fingerprint density at radius 3 is 2.38 bits per heavy atom. The molecule has 7 heteroatoms. The molecule has 3 aliphatic rings. The first kappa shape index (κ1) is 27.4. The molecule has 0 radical (unpaired) electrons. The smallest absolute Gasteiger partial charge is 0.245 e. The fourth-order valence-corrected chi connectivity index (χ4v) is 6.55. The predicted molar refractivity (Wildman–Crippen MR) is 153 cm³/mol. The monoisotopic (exact) mass is 530 g/mol. The van der Waals surface area contributed by atoms with Gasteiger partial charge in [0.1, 0.15) is 6.04 Å². The second-order valence-corrected chi connectivity index (χ2v) is 12.1. The highest BCUT2D eigenvalue weighted by Gasteiger charge is 2.47. The number of likely N-dealkylation sites (tertiary alicyclic amines) is 2. The topological polar surface area (TPSA) is 73.0 Å². The van der Waals surface area contributed by atoms with Crippen LogP contribution in [0.4, 0.5) is 5.69 Å². The molecule has 2 aromatic rings. The van der Waals surface area contributed by atoms with E-state index in [2.05, 4.69) is 28.4 Å². The Morgan fingerprint density at radius 1 is 0.974 bits per heavy atom. The summed E-state index contributed by atoms with van der Waals surface area (Å²) in [5, 5.41) is 3.15. The molecule has 2 saturated heterocycles. The van der Waals surface area contributed by atoms with Crippen LogP contribution in [0.2, 0.25) is 0 Å². The third-order valence-corrected chi connectivity index (χ3v) is 8.91. The first-order valence-electron chi connectivity index (χ1n) is 14.5. The molecule has 2 aromatic carbocycles. The lowest BCUT2D eigenvalue weighted by Crippen LogP contribution is -2.55. The maximum absolute atomic E-state index is 13.8. The summed E-state index contributed by atoms with van der Waals surface area (Å²) in [4.78, 5) is 46.5. The van der Waals surface area contributed by atoms with Crippen LogP contribution in [0.25, 0.3) is 0 Å². The summed E-state index contributed by atoms with van der Waals surface area (Å²) in [5.74, 6) is 0.0461. The van der Waals surface area contributed by atoms with Gasteiger partial charge in [-0.15, -0.1) is 0 Å². The van der Waals surface area contributed by atoms with E-state index in [1.807, 2.05) is 67.1 Å². The van der Waals surface area contributed by atoms with Crippen molar-refractivity contribution < 1.29 is 14.4 Å². The standard InChI is InChI=1S/C32H42N4O3/c1-32(2)26-13-7-8-14-28(26)36(31(32)39)25-17-20-35(21-18-25)30(38)27(16-15-23-10-5-4-6-11-23)33-29(37)24-12-9-19-34(3)22-24/h4-8,10-11,13-14,24-25,27H,9,12,15-22H2,1-3H3,(H,33,37)/t24-,27+/m1/s1. The van der Waals surface area contributed by atoms with Gasteiger partial charge in [-0.05, 0) is 83.2 Å². The SMILES string of the molecule is CN1CCC[C@@H](C(=O)N[C@@H](CCc2ccccc2)C(=O)N2CCC(N3C(=O)C(C)(C)c4ccccc43)CC2)C1. The number of hydrogen-bond acceptors (Lipinski definition) is 4. The summed E-state index contributed by atoms with van der Waals surface area (Å²) in [6, 6.07) is 17.7. The Morgan fingerprint density at radius 2 is 1.67 bits per heavy atom. The summed E-state index contributed by atoms with van der Waals surface area (Å²) in [6.45, 7) is 6.90. The lowest BCUT2D eigenvalue weighted by Gasteiger charge is -2.39. The summed E-state index contributed by atoms with van der Waals surface area (Å²) < 4.78 is 0. The molecule has 3 amide bonds. The van der Waals surface area contributed by atoms with Crippen LogP contribution in [0.1, 0.15) is 57.1 Å². The van der Waals surface area contributed by atoms with Crippen molar-refractivity contribution in [1.29, 1.82) is 0 Å². The largest absolute Gasteiger partial charge is 0.344 e. The molecular weight excluding hydrogens is 488 g/mol. The molecule has 1 N–H and O–H groups in total. The van der Waals surface area contributed by atoms with Crippen LogP contribution in [0.5, 0.6) is 0 Å². The number of hydrogen-bond donors (Lipinski definition) is 1. The van der Waals surface area contributed by atoms with Crippen molar-refractivity contribution in [2.24, 2.45) is 5.92 Å². The van der Waals surface area contributed by atoms with Gasteiger partial charge < -0.3 is 20.0 Å². The van der Waals surface area contributed by atoms with Crippen molar-refractivity contribution >= 4 is 23.4 Å². The van der Waals surface area contributed by atoms with E-state index >= 15 is 0 Å². The highest BCUT2D eigenvalue weighted by atomic mass is 16.2. The molecule has 7 nitrogen and oxygen atoms in total. The molecule has 0 aromatic heterocycles. The number of carbonyl (C=O) groups is 3. The van der Waals surface area contributed by atoms with Gasteiger partial charge in [0.05, 0.1) is 11.3 Å². The van der Waals surface area contributed by atoms with Crippen LogP contribution in [-0.2, 0) is 26.2 Å². The molecule has 3 heterocycles. The first-order valence-corrected chi connectivity index (χ1v) is 14.5. The van der Waals surface area contributed by atoms with E-state index in [4.69, 9.17) is 0 Å². The number of anilines is 1. The maximum Gasteiger partial charge on any atom is 0.245 e. The molecule has 2 atom stereocenters. The van der Waals surface area contributed by atoms with Crippen molar-refractivity contribution in [3.63, 3.8) is 0 Å². The Balaban J connectivity index is 1.25. The Kier molecular flexibility index (Phi) is 8.08. The van der Waals surface area contributed by atoms with Crippen LogP contribution < -0.4 is 10.2 Å². The highest BCUT2D eigenvalue weighted by Crippen LogP contribution is 2.43. The van der Waals surface area contributed by atoms with Crippen LogP contribution in [0.15, 0.2) is 54.6 Å². The average molecular weight is 531 g/mol. The molecule has 208 valence electrons. The van der Waals surface area contributed by atoms with E-state index < -0.39 is 11.5 Å². The van der Waals surface area contributed by atoms with Gasteiger partial charge in [-0.25, -0.2) is 0 Å². The quantitative estimate of drug-likeness (QED) is 0.592. The van der Waals surface area contributed by atoms with Crippen LogP contribution in [0.3, 0.4) is 0 Å². The number of aryl methyl sites for hydroxylation is 1. The second-order valence-electron chi connectivity index (χ2n) is 12.1. The second kappa shape index (κ2) is 11.5. The lowest BCUT2D eigenvalue weighted by molar-refractivity contribution is -0.139. The van der Waals surface area contributed by atoms with Crippen molar-refractivity contribution in [2.75, 3.05) is 38.1 Å². The highest BCUT2D eigenvalue weighted by molar-refractivity contribution is 6.08. The third kappa shape index (κ3) is 5.74. The van der Waals surface area contributed by atoms with Gasteiger partial charge in [0.15, 0.2) is 0 Å². The fraction of sp³-hybridized carbons (Fsp3) is 0.531. The molecule has 3 aliphatic heterocycles. The maximum atomic E-state index is 13.8. The van der Waals surface area contributed by atoms with E-state index in [0.717, 1.165) is 62.0 Å². The number of benzene rings is 2. The minimum Gasteiger partial charge on any atom is -0.344 e. The van der Waals surface area contributed by atoms with Gasteiger partial charge in [-0.1, -0.05) is 48.5 Å². The molecule has 0 unspecified atom stereocenters. The number of carbonyl (C=O) groups excluding carboxylic acids is 3. The van der Waals surface area contributed by atoms with E-state index in [0.29, 0.717) is 19.5 Å². The third-order valence-electron chi connectivity index (χ3n) is 8.91. The van der Waals surface area contributed by atoms with Crippen molar-refractivity contribution in [3.8, 4) is 0 Å². The lowest BCUT2D eigenvalue weighted by atomic mass is 9.86. The summed E-state index contributed by atoms with van der Waals surface area (Å²) in [5.41, 5.74) is 2.70. The molecular formula is C32H42N4O3. The molecule has 39 heavy (non-hydrogen) atoms. The molecule has 0 bridgehead atoms. The minimum atomic E-state index is -0.547.